The second-order valence-corrected chi connectivity index (χ2v) is 5.07. The molecule has 1 saturated heterocycles. The summed E-state index contributed by atoms with van der Waals surface area (Å²) in [6.45, 7) is 4.53. The maximum Gasteiger partial charge on any atom is 0.272 e. The van der Waals surface area contributed by atoms with Gasteiger partial charge < -0.3 is 9.84 Å². The van der Waals surface area contributed by atoms with Crippen molar-refractivity contribution < 1.29 is 19.2 Å². The van der Waals surface area contributed by atoms with Gasteiger partial charge in [0.25, 0.3) is 5.82 Å². The van der Waals surface area contributed by atoms with E-state index in [2.05, 4.69) is 10.3 Å². The van der Waals surface area contributed by atoms with Crippen molar-refractivity contribution in [2.75, 3.05) is 19.0 Å². The van der Waals surface area contributed by atoms with Crippen LogP contribution in [0.2, 0.25) is 0 Å². The molecule has 2 heterocycles. The van der Waals surface area contributed by atoms with E-state index in [1.807, 2.05) is 29.3 Å². The number of aldehydes is 1. The number of aryl methyl sites for hydroxylation is 1. The SMILES string of the molecule is CCn1c[n+](C2CCC(CO)O2)c(NC(C)=NC)c1C=O. The lowest BCUT2D eigenvalue weighted by molar-refractivity contribution is -0.746. The fraction of sp³-hybridized carbons (Fsp3) is 0.643. The lowest BCUT2D eigenvalue weighted by Gasteiger charge is -2.12. The van der Waals surface area contributed by atoms with Gasteiger partial charge in [-0.15, -0.1) is 0 Å². The Bertz CT molecular complexity index is 539. The van der Waals surface area contributed by atoms with Gasteiger partial charge in [-0.2, -0.15) is 0 Å². The smallest absolute Gasteiger partial charge is 0.272 e. The van der Waals surface area contributed by atoms with Gasteiger partial charge in [0.05, 0.1) is 19.3 Å². The topological polar surface area (TPSA) is 79.7 Å². The van der Waals surface area contributed by atoms with E-state index in [1.54, 1.807) is 7.05 Å². The van der Waals surface area contributed by atoms with Gasteiger partial charge in [-0.25, -0.2) is 4.57 Å². The first-order chi connectivity index (χ1) is 10.1. The number of aliphatic imine (C=N–C) groups is 1. The molecule has 0 spiro atoms. The largest absolute Gasteiger partial charge is 0.394 e. The molecule has 0 amide bonds. The van der Waals surface area contributed by atoms with Crippen LogP contribution < -0.4 is 9.88 Å². The number of ether oxygens (including phenoxy) is 1. The minimum absolute atomic E-state index is 0.0181. The molecule has 1 aliphatic rings. The van der Waals surface area contributed by atoms with Crippen molar-refractivity contribution in [2.45, 2.75) is 45.6 Å². The Balaban J connectivity index is 2.39. The zero-order valence-corrected chi connectivity index (χ0v) is 12.7. The maximum absolute atomic E-state index is 11.4. The van der Waals surface area contributed by atoms with Crippen LogP contribution in [0.3, 0.4) is 0 Å². The van der Waals surface area contributed by atoms with Crippen molar-refractivity contribution in [3.8, 4) is 0 Å². The molecule has 21 heavy (non-hydrogen) atoms. The van der Waals surface area contributed by atoms with Gasteiger partial charge in [-0.3, -0.25) is 19.7 Å². The fourth-order valence-electron chi connectivity index (χ4n) is 2.51. The molecule has 1 aliphatic heterocycles. The highest BCUT2D eigenvalue weighted by atomic mass is 16.5. The molecule has 2 N–H and O–H groups in total. The first-order valence-electron chi connectivity index (χ1n) is 7.20. The molecule has 0 radical (unpaired) electrons. The van der Waals surface area contributed by atoms with Gasteiger partial charge in [0.1, 0.15) is 0 Å². The molecule has 1 fully saturated rings. The summed E-state index contributed by atoms with van der Waals surface area (Å²) in [5.41, 5.74) is 0.566. The van der Waals surface area contributed by atoms with Crippen molar-refractivity contribution in [3.63, 3.8) is 0 Å². The first kappa shape index (κ1) is 15.7. The number of nitrogens with zero attached hydrogens (tertiary/aromatic N) is 3. The summed E-state index contributed by atoms with van der Waals surface area (Å²) in [6, 6.07) is 0. The van der Waals surface area contributed by atoms with Crippen molar-refractivity contribution in [1.29, 1.82) is 0 Å². The highest BCUT2D eigenvalue weighted by molar-refractivity contribution is 5.95. The van der Waals surface area contributed by atoms with Crippen LogP contribution >= 0.6 is 0 Å². The predicted molar refractivity (Wildman–Crippen MR) is 78.6 cm³/mol. The van der Waals surface area contributed by atoms with Crippen LogP contribution in [-0.2, 0) is 11.3 Å². The summed E-state index contributed by atoms with van der Waals surface area (Å²) >= 11 is 0. The Kier molecular flexibility index (Phi) is 5.08. The number of amidine groups is 1. The van der Waals surface area contributed by atoms with E-state index in [9.17, 15) is 9.90 Å². The van der Waals surface area contributed by atoms with E-state index in [4.69, 9.17) is 4.74 Å². The number of carbonyl (C=O) groups excluding carboxylic acids is 1. The van der Waals surface area contributed by atoms with Crippen LogP contribution in [0.5, 0.6) is 0 Å². The van der Waals surface area contributed by atoms with Crippen molar-refractivity contribution in [2.24, 2.45) is 4.99 Å². The highest BCUT2D eigenvalue weighted by Gasteiger charge is 2.33. The molecule has 0 aromatic carbocycles. The summed E-state index contributed by atoms with van der Waals surface area (Å²) in [7, 11) is 1.69. The molecular formula is C14H23N4O3+. The molecule has 7 heteroatoms. The van der Waals surface area contributed by atoms with Crippen molar-refractivity contribution >= 4 is 17.9 Å². The lowest BCUT2D eigenvalue weighted by atomic mass is 10.2. The molecule has 2 rings (SSSR count). The van der Waals surface area contributed by atoms with Gasteiger partial charge in [-0.05, 0) is 13.3 Å². The number of aromatic nitrogens is 2. The third kappa shape index (κ3) is 3.14. The summed E-state index contributed by atoms with van der Waals surface area (Å²) in [5.74, 6) is 1.40. The minimum atomic E-state index is -0.180. The number of rotatable bonds is 5. The van der Waals surface area contributed by atoms with Crippen molar-refractivity contribution in [1.82, 2.24) is 4.57 Å². The number of aliphatic hydroxyl groups excluding tert-OH is 1. The van der Waals surface area contributed by atoms with Gasteiger partial charge in [-0.1, -0.05) is 0 Å². The van der Waals surface area contributed by atoms with Crippen LogP contribution in [0.1, 0.15) is 43.4 Å². The fourth-order valence-corrected chi connectivity index (χ4v) is 2.51. The van der Waals surface area contributed by atoms with E-state index in [1.165, 1.54) is 0 Å². The third-order valence-electron chi connectivity index (χ3n) is 3.76. The Morgan fingerprint density at radius 1 is 1.67 bits per heavy atom. The number of anilines is 1. The highest BCUT2D eigenvalue weighted by Crippen LogP contribution is 2.26. The van der Waals surface area contributed by atoms with Gasteiger partial charge in [0.2, 0.25) is 5.69 Å². The molecule has 0 bridgehead atoms. The number of imidazole rings is 1. The average Bonchev–Trinajstić information content (AvgIpc) is 3.10. The zero-order chi connectivity index (χ0) is 15.4. The molecule has 2 unspecified atom stereocenters. The molecule has 0 aliphatic carbocycles. The van der Waals surface area contributed by atoms with Crippen LogP contribution in [0, 0.1) is 0 Å². The second-order valence-electron chi connectivity index (χ2n) is 5.07. The number of nitrogens with one attached hydrogen (secondary N) is 1. The van der Waals surface area contributed by atoms with Crippen LogP contribution in [0.4, 0.5) is 5.82 Å². The first-order valence-corrected chi connectivity index (χ1v) is 7.20. The Hall–Kier alpha value is -1.73. The lowest BCUT2D eigenvalue weighted by Crippen LogP contribution is -2.41. The van der Waals surface area contributed by atoms with Gasteiger partial charge in [0.15, 0.2) is 24.7 Å². The molecule has 1 aromatic rings. The molecule has 116 valence electrons. The van der Waals surface area contributed by atoms with E-state index in [-0.39, 0.29) is 18.9 Å². The molecule has 7 nitrogen and oxygen atoms in total. The number of aliphatic hydroxyl groups is 1. The van der Waals surface area contributed by atoms with Crippen LogP contribution in [-0.4, -0.2) is 41.6 Å². The normalized spacial score (nSPS) is 22.6. The van der Waals surface area contributed by atoms with Gasteiger partial charge in [0, 0.05) is 20.4 Å². The van der Waals surface area contributed by atoms with E-state index >= 15 is 0 Å². The number of hydrogen-bond acceptors (Lipinski definition) is 4. The van der Waals surface area contributed by atoms with Crippen LogP contribution in [0.25, 0.3) is 0 Å². The minimum Gasteiger partial charge on any atom is -0.394 e. The number of hydrogen-bond donors (Lipinski definition) is 2. The van der Waals surface area contributed by atoms with E-state index in [0.717, 1.165) is 25.0 Å². The molecule has 1 aromatic heterocycles. The molecule has 2 atom stereocenters. The van der Waals surface area contributed by atoms with Gasteiger partial charge >= 0.3 is 0 Å². The quantitative estimate of drug-likeness (QED) is 0.363. The molecule has 0 saturated carbocycles. The van der Waals surface area contributed by atoms with E-state index < -0.39 is 0 Å². The maximum atomic E-state index is 11.4. The Morgan fingerprint density at radius 2 is 2.43 bits per heavy atom. The summed E-state index contributed by atoms with van der Waals surface area (Å²) in [6.07, 6.45) is 4.01. The average molecular weight is 295 g/mol. The van der Waals surface area contributed by atoms with Crippen molar-refractivity contribution in [3.05, 3.63) is 12.0 Å². The summed E-state index contributed by atoms with van der Waals surface area (Å²) < 4.78 is 9.60. The second kappa shape index (κ2) is 6.82. The zero-order valence-electron chi connectivity index (χ0n) is 12.7. The molecular weight excluding hydrogens is 272 g/mol. The Morgan fingerprint density at radius 3 is 2.95 bits per heavy atom. The number of carbonyl (C=O) groups is 1. The Labute approximate surface area is 124 Å². The third-order valence-corrected chi connectivity index (χ3v) is 3.76. The standard InChI is InChI=1S/C14H22N4O3/c1-4-17-9-18(13-6-5-11(7-19)21-13)14(12(17)8-20)16-10(2)15-3/h8-9,11,13,19H,4-7H2,1-3H3/p+1. The predicted octanol–water partition coefficient (Wildman–Crippen LogP) is 0.738. The summed E-state index contributed by atoms with van der Waals surface area (Å²) in [5, 5.41) is 12.4. The summed E-state index contributed by atoms with van der Waals surface area (Å²) in [4.78, 5) is 15.5. The van der Waals surface area contributed by atoms with E-state index in [0.29, 0.717) is 18.1 Å². The monoisotopic (exact) mass is 295 g/mol. The van der Waals surface area contributed by atoms with Crippen LogP contribution in [0.15, 0.2) is 11.3 Å².